The summed E-state index contributed by atoms with van der Waals surface area (Å²) in [6, 6.07) is -0.172. The van der Waals surface area contributed by atoms with Crippen molar-refractivity contribution < 1.29 is 37.2 Å². The second-order valence-electron chi connectivity index (χ2n) is 11.5. The third-order valence-electron chi connectivity index (χ3n) is 8.82. The zero-order valence-electron chi connectivity index (χ0n) is 23.9. The van der Waals surface area contributed by atoms with E-state index in [0.717, 1.165) is 0 Å². The number of rotatable bonds is 2. The van der Waals surface area contributed by atoms with E-state index in [1.807, 2.05) is 15.3 Å². The SMILES string of the molecule is Nc1ncnc2c1ncn2[C@@H]1C[C@@H]2COP(O)(=S)CO[C@@H]3[C@H](F)[C@@H](COP(O)(=S)OC[C@H]21)O[C@H]3n1cnc2c1NCn1ccnc1-2. The highest BCUT2D eigenvalue weighted by Crippen LogP contribution is 2.54. The van der Waals surface area contributed by atoms with Gasteiger partial charge in [-0.3, -0.25) is 4.57 Å². The molecule has 7 heterocycles. The van der Waals surface area contributed by atoms with Crippen molar-refractivity contribution in [3.63, 3.8) is 0 Å². The monoisotopic (exact) mass is 714 g/mol. The summed E-state index contributed by atoms with van der Waals surface area (Å²) in [4.78, 5) is 43.6. The van der Waals surface area contributed by atoms with Crippen molar-refractivity contribution in [3.05, 3.63) is 31.4 Å². The Kier molecular flexibility index (Phi) is 7.77. The number of alkyl halides is 1. The van der Waals surface area contributed by atoms with Crippen LogP contribution in [-0.4, -0.2) is 93.0 Å². The standard InChI is InChI=1S/C24H29FN10O7P2S2/c25-16-15-6-41-44(37,46)40-5-13-12(3-14(13)34-9-30-17-20(26)28-7-29-22(17)34)4-39-43(36,45)11-38-19(16)24(42-15)35-10-31-18-21-27-1-2-33(21)8-32-23(18)35/h1-2,7,9-10,12-16,19,24,32H,3-6,8,11H2,(H,36,45)(H,37,46)(H2,26,28,29)/t12-,13-,14-,15-,16-,19-,24-,43?,44?/m1/s1. The zero-order chi connectivity index (χ0) is 31.8. The Morgan fingerprint density at radius 1 is 1.02 bits per heavy atom. The van der Waals surface area contributed by atoms with E-state index in [4.69, 9.17) is 52.4 Å². The molecule has 5 N–H and O–H groups in total. The Balaban J connectivity index is 1.05. The molecule has 1 saturated carbocycles. The molecule has 9 atom stereocenters. The third kappa shape index (κ3) is 5.38. The molecule has 0 aromatic carbocycles. The molecule has 4 aliphatic rings. The van der Waals surface area contributed by atoms with Crippen molar-refractivity contribution >= 4 is 59.6 Å². The van der Waals surface area contributed by atoms with E-state index in [2.05, 4.69) is 30.2 Å². The van der Waals surface area contributed by atoms with Gasteiger partial charge in [-0.15, -0.1) is 0 Å². The summed E-state index contributed by atoms with van der Waals surface area (Å²) in [6.07, 6.45) is 2.90. The van der Waals surface area contributed by atoms with Gasteiger partial charge in [0.2, 0.25) is 6.49 Å². The van der Waals surface area contributed by atoms with E-state index in [0.29, 0.717) is 41.6 Å². The van der Waals surface area contributed by atoms with Crippen LogP contribution in [0.2, 0.25) is 0 Å². The molecule has 3 fully saturated rings. The minimum Gasteiger partial charge on any atom is -0.382 e. The fourth-order valence-corrected chi connectivity index (χ4v) is 8.76. The zero-order valence-corrected chi connectivity index (χ0v) is 27.3. The lowest BCUT2D eigenvalue weighted by molar-refractivity contribution is -0.0648. The molecule has 4 aromatic heterocycles. The van der Waals surface area contributed by atoms with Crippen LogP contribution in [0, 0.1) is 11.8 Å². The van der Waals surface area contributed by atoms with Crippen molar-refractivity contribution in [2.75, 3.05) is 37.2 Å². The summed E-state index contributed by atoms with van der Waals surface area (Å²) >= 11 is 10.7. The van der Waals surface area contributed by atoms with E-state index >= 15 is 4.39 Å². The number of halogens is 1. The maximum absolute atomic E-state index is 16.0. The molecular weight excluding hydrogens is 685 g/mol. The van der Waals surface area contributed by atoms with E-state index < -0.39 is 50.8 Å². The maximum Gasteiger partial charge on any atom is 0.324 e. The predicted molar refractivity (Wildman–Crippen MR) is 167 cm³/mol. The van der Waals surface area contributed by atoms with E-state index in [-0.39, 0.29) is 36.9 Å². The van der Waals surface area contributed by atoms with Crippen LogP contribution < -0.4 is 11.1 Å². The second-order valence-corrected chi connectivity index (χ2v) is 17.8. The summed E-state index contributed by atoms with van der Waals surface area (Å²) in [5.41, 5.74) is 7.54. The van der Waals surface area contributed by atoms with Crippen LogP contribution >= 0.6 is 13.2 Å². The van der Waals surface area contributed by atoms with E-state index in [1.54, 1.807) is 17.1 Å². The Bertz CT molecular complexity index is 1890. The molecular formula is C24H29FN10O7P2S2. The summed E-state index contributed by atoms with van der Waals surface area (Å²) < 4.78 is 50.7. The lowest BCUT2D eigenvalue weighted by atomic mass is 9.70. The predicted octanol–water partition coefficient (Wildman–Crippen LogP) is 1.89. The van der Waals surface area contributed by atoms with Crippen LogP contribution in [0.1, 0.15) is 18.7 Å². The average molecular weight is 715 g/mol. The highest BCUT2D eigenvalue weighted by molar-refractivity contribution is 8.09. The topological polar surface area (TPSA) is 204 Å². The van der Waals surface area contributed by atoms with Crippen molar-refractivity contribution in [2.45, 2.75) is 43.7 Å². The fraction of sp³-hybridized carbons (Fsp3) is 0.542. The number of fused-ring (bicyclic) bond motifs is 7. The summed E-state index contributed by atoms with van der Waals surface area (Å²) in [7, 11) is 0. The molecule has 2 saturated heterocycles. The van der Waals surface area contributed by atoms with Crippen molar-refractivity contribution in [1.29, 1.82) is 0 Å². The molecule has 2 unspecified atom stereocenters. The van der Waals surface area contributed by atoms with E-state index in [1.165, 1.54) is 12.7 Å². The molecule has 0 spiro atoms. The number of nitrogens with two attached hydrogens (primary N) is 1. The molecule has 2 bridgehead atoms. The number of hydrogen-bond acceptors (Lipinski definition) is 14. The summed E-state index contributed by atoms with van der Waals surface area (Å²) in [5.74, 6) is 1.05. The molecule has 3 aliphatic heterocycles. The number of imidazole rings is 3. The van der Waals surface area contributed by atoms with Gasteiger partial charge in [0.15, 0.2) is 29.7 Å². The number of hydrogen-bond donors (Lipinski definition) is 4. The van der Waals surface area contributed by atoms with Gasteiger partial charge in [-0.2, -0.15) is 0 Å². The number of anilines is 2. The smallest absolute Gasteiger partial charge is 0.324 e. The van der Waals surface area contributed by atoms with Crippen LogP contribution in [0.25, 0.3) is 22.7 Å². The Morgan fingerprint density at radius 2 is 1.85 bits per heavy atom. The van der Waals surface area contributed by atoms with Crippen molar-refractivity contribution in [3.8, 4) is 11.5 Å². The van der Waals surface area contributed by atoms with Crippen LogP contribution in [0.3, 0.4) is 0 Å². The van der Waals surface area contributed by atoms with Gasteiger partial charge < -0.3 is 53.0 Å². The molecule has 8 rings (SSSR count). The minimum absolute atomic E-state index is 0.0179. The molecule has 46 heavy (non-hydrogen) atoms. The third-order valence-corrected chi connectivity index (χ3v) is 12.1. The molecule has 1 aliphatic carbocycles. The Morgan fingerprint density at radius 3 is 2.72 bits per heavy atom. The van der Waals surface area contributed by atoms with Gasteiger partial charge in [0.05, 0.1) is 39.1 Å². The van der Waals surface area contributed by atoms with Gasteiger partial charge in [-0.05, 0) is 36.0 Å². The van der Waals surface area contributed by atoms with Crippen LogP contribution in [-0.2, 0) is 53.3 Å². The fourth-order valence-electron chi connectivity index (χ4n) is 6.40. The molecule has 22 heteroatoms. The number of ether oxygens (including phenoxy) is 2. The highest BCUT2D eigenvalue weighted by atomic mass is 32.5. The second kappa shape index (κ2) is 11.6. The van der Waals surface area contributed by atoms with Gasteiger partial charge in [0.25, 0.3) is 0 Å². The van der Waals surface area contributed by atoms with Crippen LogP contribution in [0.15, 0.2) is 31.4 Å². The normalized spacial score (nSPS) is 36.5. The van der Waals surface area contributed by atoms with Gasteiger partial charge in [0, 0.05) is 24.4 Å². The molecule has 0 radical (unpaired) electrons. The number of aromatic nitrogens is 8. The largest absolute Gasteiger partial charge is 0.382 e. The molecule has 4 aromatic rings. The summed E-state index contributed by atoms with van der Waals surface area (Å²) in [5, 5.41) is 3.25. The van der Waals surface area contributed by atoms with Gasteiger partial charge in [-0.1, -0.05) is 0 Å². The number of nitrogens with one attached hydrogen (secondary N) is 1. The van der Waals surface area contributed by atoms with Crippen molar-refractivity contribution in [2.24, 2.45) is 11.8 Å². The highest BCUT2D eigenvalue weighted by Gasteiger charge is 2.50. The number of nitrogens with zero attached hydrogens (tertiary/aromatic N) is 8. The lowest BCUT2D eigenvalue weighted by Crippen LogP contribution is -2.43. The maximum atomic E-state index is 16.0. The van der Waals surface area contributed by atoms with Crippen molar-refractivity contribution in [1.82, 2.24) is 38.6 Å². The molecule has 0 amide bonds. The minimum atomic E-state index is -3.85. The van der Waals surface area contributed by atoms with Crippen LogP contribution in [0.5, 0.6) is 0 Å². The Labute approximate surface area is 270 Å². The summed E-state index contributed by atoms with van der Waals surface area (Å²) in [6.45, 7) is -7.33. The average Bonchev–Trinajstić information content (AvgIpc) is 3.79. The first-order valence-electron chi connectivity index (χ1n) is 14.3. The first kappa shape index (κ1) is 30.8. The van der Waals surface area contributed by atoms with Crippen LogP contribution in [0.4, 0.5) is 16.0 Å². The Hall–Kier alpha value is -2.48. The first-order valence-corrected chi connectivity index (χ1v) is 19.8. The van der Waals surface area contributed by atoms with Gasteiger partial charge in [0.1, 0.15) is 41.9 Å². The number of nitrogen functional groups attached to an aromatic ring is 1. The van der Waals surface area contributed by atoms with Gasteiger partial charge >= 0.3 is 6.72 Å². The van der Waals surface area contributed by atoms with E-state index in [9.17, 15) is 9.79 Å². The lowest BCUT2D eigenvalue weighted by Gasteiger charge is -2.45. The first-order chi connectivity index (χ1) is 22.1. The van der Waals surface area contributed by atoms with Gasteiger partial charge in [-0.25, -0.2) is 29.3 Å². The molecule has 246 valence electrons. The molecule has 17 nitrogen and oxygen atoms in total. The quantitative estimate of drug-likeness (QED) is 0.219.